The van der Waals surface area contributed by atoms with Crippen LogP contribution in [0.5, 0.6) is 0 Å². The van der Waals surface area contributed by atoms with Crippen molar-refractivity contribution >= 4 is 59.4 Å². The smallest absolute Gasteiger partial charge is 0.244 e. The summed E-state index contributed by atoms with van der Waals surface area (Å²) >= 11 is 6.83. The Morgan fingerprint density at radius 1 is 1.12 bits per heavy atom. The summed E-state index contributed by atoms with van der Waals surface area (Å²) in [7, 11) is -3.75. The average Bonchev–Trinajstić information content (AvgIpc) is 2.74. The fourth-order valence-electron chi connectivity index (χ4n) is 3.21. The van der Waals surface area contributed by atoms with Gasteiger partial charge in [0, 0.05) is 22.0 Å². The van der Waals surface area contributed by atoms with Crippen molar-refractivity contribution in [3.8, 4) is 0 Å². The van der Waals surface area contributed by atoms with Gasteiger partial charge in [0.1, 0.15) is 12.6 Å². The highest BCUT2D eigenvalue weighted by Gasteiger charge is 2.30. The first kappa shape index (κ1) is 27.3. The van der Waals surface area contributed by atoms with Gasteiger partial charge in [0.15, 0.2) is 0 Å². The summed E-state index contributed by atoms with van der Waals surface area (Å²) < 4.78 is 27.9. The number of anilines is 1. The second kappa shape index (κ2) is 12.0. The Bertz CT molecular complexity index is 1110. The lowest BCUT2D eigenvalue weighted by Gasteiger charge is -2.31. The molecule has 180 valence electrons. The van der Waals surface area contributed by atoms with Crippen LogP contribution >= 0.6 is 31.9 Å². The molecule has 0 saturated heterocycles. The predicted molar refractivity (Wildman–Crippen MR) is 139 cm³/mol. The van der Waals surface area contributed by atoms with Crippen molar-refractivity contribution in [1.82, 2.24) is 10.2 Å². The Balaban J connectivity index is 2.39. The average molecular weight is 603 g/mol. The van der Waals surface area contributed by atoms with E-state index in [0.29, 0.717) is 12.2 Å². The number of aryl methyl sites for hydroxylation is 1. The number of sulfonamides is 1. The third-order valence-electron chi connectivity index (χ3n) is 5.07. The first-order chi connectivity index (χ1) is 15.4. The zero-order chi connectivity index (χ0) is 24.8. The van der Waals surface area contributed by atoms with Crippen LogP contribution in [0.4, 0.5) is 5.69 Å². The molecular weight excluding hydrogens is 574 g/mol. The standard InChI is InChI=1S/C23H29Br2N3O4S/c1-5-11-26-23(30)17(3)27(14-18-7-6-8-19(24)13-18)22(29)15-28(33(4,31)32)20-9-10-21(25)16(2)12-20/h6-10,12-13,17H,5,11,14-15H2,1-4H3,(H,26,30)/t17-/m1/s1. The fourth-order valence-corrected chi connectivity index (χ4v) is 4.74. The van der Waals surface area contributed by atoms with E-state index in [4.69, 9.17) is 0 Å². The lowest BCUT2D eigenvalue weighted by Crippen LogP contribution is -2.51. The summed E-state index contributed by atoms with van der Waals surface area (Å²) in [5.74, 6) is -0.759. The Hall–Kier alpha value is -1.91. The van der Waals surface area contributed by atoms with Gasteiger partial charge in [-0.3, -0.25) is 13.9 Å². The predicted octanol–water partition coefficient (Wildman–Crippen LogP) is 4.23. The van der Waals surface area contributed by atoms with E-state index in [1.165, 1.54) is 4.90 Å². The molecule has 0 aliphatic carbocycles. The second-order valence-electron chi connectivity index (χ2n) is 7.82. The van der Waals surface area contributed by atoms with Crippen LogP contribution in [-0.4, -0.2) is 50.5 Å². The zero-order valence-electron chi connectivity index (χ0n) is 19.1. The molecule has 0 aromatic heterocycles. The van der Waals surface area contributed by atoms with Crippen molar-refractivity contribution in [2.75, 3.05) is 23.7 Å². The second-order valence-corrected chi connectivity index (χ2v) is 11.5. The Morgan fingerprint density at radius 3 is 2.39 bits per heavy atom. The van der Waals surface area contributed by atoms with E-state index in [-0.39, 0.29) is 12.5 Å². The van der Waals surface area contributed by atoms with Crippen LogP contribution in [0, 0.1) is 6.92 Å². The quantitative estimate of drug-likeness (QED) is 0.441. The van der Waals surface area contributed by atoms with Gasteiger partial charge in [0.05, 0.1) is 11.9 Å². The first-order valence-electron chi connectivity index (χ1n) is 10.5. The number of rotatable bonds is 10. The van der Waals surface area contributed by atoms with Gasteiger partial charge < -0.3 is 10.2 Å². The molecule has 0 spiro atoms. The third kappa shape index (κ3) is 7.82. The molecule has 2 aromatic carbocycles. The van der Waals surface area contributed by atoms with Crippen molar-refractivity contribution in [3.63, 3.8) is 0 Å². The van der Waals surface area contributed by atoms with E-state index in [1.807, 2.05) is 38.1 Å². The van der Waals surface area contributed by atoms with Crippen LogP contribution < -0.4 is 9.62 Å². The van der Waals surface area contributed by atoms with Crippen molar-refractivity contribution in [1.29, 1.82) is 0 Å². The van der Waals surface area contributed by atoms with Gasteiger partial charge in [-0.15, -0.1) is 0 Å². The molecule has 2 aromatic rings. The highest BCUT2D eigenvalue weighted by atomic mass is 79.9. The topological polar surface area (TPSA) is 86.8 Å². The van der Waals surface area contributed by atoms with E-state index in [0.717, 1.165) is 37.1 Å². The van der Waals surface area contributed by atoms with Crippen LogP contribution in [0.25, 0.3) is 0 Å². The molecular formula is C23H29Br2N3O4S. The number of hydrogen-bond donors (Lipinski definition) is 1. The number of hydrogen-bond acceptors (Lipinski definition) is 4. The molecule has 10 heteroatoms. The van der Waals surface area contributed by atoms with Gasteiger partial charge >= 0.3 is 0 Å². The molecule has 0 unspecified atom stereocenters. The zero-order valence-corrected chi connectivity index (χ0v) is 23.1. The minimum absolute atomic E-state index is 0.163. The maximum absolute atomic E-state index is 13.5. The van der Waals surface area contributed by atoms with Gasteiger partial charge in [0.25, 0.3) is 0 Å². The largest absolute Gasteiger partial charge is 0.354 e. The Morgan fingerprint density at radius 2 is 1.82 bits per heavy atom. The summed E-state index contributed by atoms with van der Waals surface area (Å²) in [5, 5.41) is 2.81. The van der Waals surface area contributed by atoms with Crippen molar-refractivity contribution in [2.45, 2.75) is 39.8 Å². The molecule has 1 N–H and O–H groups in total. The molecule has 0 radical (unpaired) electrons. The summed E-state index contributed by atoms with van der Waals surface area (Å²) in [4.78, 5) is 27.6. The van der Waals surface area contributed by atoms with Gasteiger partial charge in [-0.1, -0.05) is 50.9 Å². The number of halogens is 2. The first-order valence-corrected chi connectivity index (χ1v) is 13.9. The Labute approximate surface area is 212 Å². The molecule has 0 aliphatic heterocycles. The lowest BCUT2D eigenvalue weighted by atomic mass is 10.1. The number of carbonyl (C=O) groups is 2. The van der Waals surface area contributed by atoms with Gasteiger partial charge in [-0.05, 0) is 61.7 Å². The molecule has 0 saturated carbocycles. The Kier molecular flexibility index (Phi) is 9.93. The number of carbonyl (C=O) groups excluding carboxylic acids is 2. The molecule has 0 heterocycles. The van der Waals surface area contributed by atoms with Gasteiger partial charge in [0.2, 0.25) is 21.8 Å². The van der Waals surface area contributed by atoms with Crippen molar-refractivity contribution in [3.05, 3.63) is 62.5 Å². The van der Waals surface area contributed by atoms with E-state index in [1.54, 1.807) is 25.1 Å². The summed E-state index contributed by atoms with van der Waals surface area (Å²) in [6, 6.07) is 11.7. The van der Waals surface area contributed by atoms with Crippen LogP contribution in [0.15, 0.2) is 51.4 Å². The van der Waals surface area contributed by atoms with Crippen LogP contribution in [-0.2, 0) is 26.2 Å². The maximum Gasteiger partial charge on any atom is 0.244 e. The number of benzene rings is 2. The van der Waals surface area contributed by atoms with E-state index < -0.39 is 28.5 Å². The summed E-state index contributed by atoms with van der Waals surface area (Å²) in [6.45, 7) is 5.68. The highest BCUT2D eigenvalue weighted by Crippen LogP contribution is 2.25. The normalized spacial score (nSPS) is 12.2. The number of nitrogens with one attached hydrogen (secondary N) is 1. The lowest BCUT2D eigenvalue weighted by molar-refractivity contribution is -0.139. The monoisotopic (exact) mass is 601 g/mol. The summed E-state index contributed by atoms with van der Waals surface area (Å²) in [6.07, 6.45) is 1.83. The maximum atomic E-state index is 13.5. The molecule has 0 fully saturated rings. The van der Waals surface area contributed by atoms with Crippen LogP contribution in [0.1, 0.15) is 31.4 Å². The van der Waals surface area contributed by atoms with Crippen LogP contribution in [0.2, 0.25) is 0 Å². The van der Waals surface area contributed by atoms with Crippen molar-refractivity contribution < 1.29 is 18.0 Å². The summed E-state index contributed by atoms with van der Waals surface area (Å²) in [5.41, 5.74) is 2.04. The molecule has 0 aliphatic rings. The van der Waals surface area contributed by atoms with Gasteiger partial charge in [-0.2, -0.15) is 0 Å². The minimum atomic E-state index is -3.75. The fraction of sp³-hybridized carbons (Fsp3) is 0.391. The molecule has 2 rings (SSSR count). The molecule has 33 heavy (non-hydrogen) atoms. The van der Waals surface area contributed by atoms with Crippen molar-refractivity contribution in [2.24, 2.45) is 0 Å². The SMILES string of the molecule is CCCNC(=O)[C@@H](C)N(Cc1cccc(Br)c1)C(=O)CN(c1ccc(Br)c(C)c1)S(C)(=O)=O. The number of amides is 2. The number of nitrogens with zero attached hydrogens (tertiary/aromatic N) is 2. The molecule has 7 nitrogen and oxygen atoms in total. The van der Waals surface area contributed by atoms with E-state index in [2.05, 4.69) is 37.2 Å². The van der Waals surface area contributed by atoms with Gasteiger partial charge in [-0.25, -0.2) is 8.42 Å². The van der Waals surface area contributed by atoms with E-state index in [9.17, 15) is 18.0 Å². The van der Waals surface area contributed by atoms with Crippen LogP contribution in [0.3, 0.4) is 0 Å². The molecule has 2 amide bonds. The third-order valence-corrected chi connectivity index (χ3v) is 7.59. The molecule has 1 atom stereocenters. The van der Waals surface area contributed by atoms with E-state index >= 15 is 0 Å². The minimum Gasteiger partial charge on any atom is -0.354 e. The molecule has 0 bridgehead atoms. The highest BCUT2D eigenvalue weighted by molar-refractivity contribution is 9.10.